The largest absolute Gasteiger partial charge is 0.417 e. The standard InChI is InChI=1S/C24H25F3N6O3S/c1-3-12-37(35,36)32-10-8-17(9-11-32)21-6-5-19(14-28-21)31-23(34)20-15-30-33(16(20)2)22-7-4-18(13-29-22)24(25,26)27/h4-8,13-15H,3,9-12H2,1-2H3,(H,31,34). The Balaban J connectivity index is 1.42. The minimum atomic E-state index is -4.50. The van der Waals surface area contributed by atoms with E-state index in [0.717, 1.165) is 11.6 Å². The number of alkyl halides is 3. The van der Waals surface area contributed by atoms with Crippen molar-refractivity contribution in [2.45, 2.75) is 32.9 Å². The molecular formula is C24H25F3N6O3S. The van der Waals surface area contributed by atoms with Crippen LogP contribution in [-0.2, 0) is 16.2 Å². The van der Waals surface area contributed by atoms with Crippen LogP contribution in [0.5, 0.6) is 0 Å². The van der Waals surface area contributed by atoms with Crippen molar-refractivity contribution in [3.8, 4) is 5.82 Å². The molecule has 1 aliphatic rings. The maximum atomic E-state index is 12.8. The predicted molar refractivity (Wildman–Crippen MR) is 132 cm³/mol. The lowest BCUT2D eigenvalue weighted by Crippen LogP contribution is -2.36. The van der Waals surface area contributed by atoms with Gasteiger partial charge in [0, 0.05) is 19.3 Å². The summed E-state index contributed by atoms with van der Waals surface area (Å²) in [5.74, 6) is -0.182. The van der Waals surface area contributed by atoms with Crippen LogP contribution >= 0.6 is 0 Å². The van der Waals surface area contributed by atoms with Crippen molar-refractivity contribution >= 4 is 27.2 Å². The first-order valence-corrected chi connectivity index (χ1v) is 13.1. The van der Waals surface area contributed by atoms with Gasteiger partial charge in [-0.05, 0) is 49.6 Å². The first-order chi connectivity index (χ1) is 17.5. The van der Waals surface area contributed by atoms with E-state index >= 15 is 0 Å². The highest BCUT2D eigenvalue weighted by Crippen LogP contribution is 2.29. The monoisotopic (exact) mass is 534 g/mol. The van der Waals surface area contributed by atoms with Crippen LogP contribution in [0.25, 0.3) is 11.4 Å². The van der Waals surface area contributed by atoms with Gasteiger partial charge in [0.05, 0.1) is 46.3 Å². The molecule has 37 heavy (non-hydrogen) atoms. The second kappa shape index (κ2) is 10.4. The normalized spacial score (nSPS) is 14.9. The van der Waals surface area contributed by atoms with Gasteiger partial charge in [-0.3, -0.25) is 9.78 Å². The summed E-state index contributed by atoms with van der Waals surface area (Å²) < 4.78 is 65.6. The fourth-order valence-electron chi connectivity index (χ4n) is 3.92. The second-order valence-electron chi connectivity index (χ2n) is 8.50. The summed E-state index contributed by atoms with van der Waals surface area (Å²) in [4.78, 5) is 21.0. The Morgan fingerprint density at radius 2 is 1.89 bits per heavy atom. The van der Waals surface area contributed by atoms with Crippen LogP contribution in [0, 0.1) is 6.92 Å². The Hall–Kier alpha value is -3.58. The molecule has 3 aromatic rings. The lowest BCUT2D eigenvalue weighted by molar-refractivity contribution is -0.137. The van der Waals surface area contributed by atoms with Crippen LogP contribution in [0.1, 0.15) is 47.1 Å². The van der Waals surface area contributed by atoms with Gasteiger partial charge in [-0.1, -0.05) is 13.0 Å². The molecule has 4 heterocycles. The Kier molecular flexibility index (Phi) is 7.46. The van der Waals surface area contributed by atoms with Crippen molar-refractivity contribution in [2.75, 3.05) is 24.2 Å². The van der Waals surface area contributed by atoms with Crippen LogP contribution in [0.3, 0.4) is 0 Å². The third-order valence-corrected chi connectivity index (χ3v) is 7.97. The number of pyridine rings is 2. The summed E-state index contributed by atoms with van der Waals surface area (Å²) in [6, 6.07) is 5.53. The maximum absolute atomic E-state index is 12.8. The number of anilines is 1. The van der Waals surface area contributed by atoms with E-state index in [-0.39, 0.29) is 17.1 Å². The molecule has 0 aromatic carbocycles. The summed E-state index contributed by atoms with van der Waals surface area (Å²) in [6.07, 6.45) is 2.00. The number of carbonyl (C=O) groups is 1. The van der Waals surface area contributed by atoms with Gasteiger partial charge in [-0.25, -0.2) is 18.1 Å². The van der Waals surface area contributed by atoms with Crippen molar-refractivity contribution in [1.29, 1.82) is 0 Å². The van der Waals surface area contributed by atoms with Crippen LogP contribution in [-0.4, -0.2) is 57.2 Å². The van der Waals surface area contributed by atoms with Crippen molar-refractivity contribution in [3.63, 3.8) is 0 Å². The van der Waals surface area contributed by atoms with E-state index < -0.39 is 27.7 Å². The van der Waals surface area contributed by atoms with Crippen molar-refractivity contribution in [3.05, 3.63) is 71.4 Å². The summed E-state index contributed by atoms with van der Waals surface area (Å²) in [6.45, 7) is 4.14. The molecule has 0 bridgehead atoms. The Morgan fingerprint density at radius 3 is 2.46 bits per heavy atom. The average molecular weight is 535 g/mol. The third-order valence-electron chi connectivity index (χ3n) is 5.92. The van der Waals surface area contributed by atoms with E-state index in [2.05, 4.69) is 20.4 Å². The van der Waals surface area contributed by atoms with Gasteiger partial charge >= 0.3 is 6.18 Å². The van der Waals surface area contributed by atoms with E-state index in [0.29, 0.717) is 49.2 Å². The molecule has 196 valence electrons. The molecule has 4 rings (SSSR count). The topological polar surface area (TPSA) is 110 Å². The molecule has 1 N–H and O–H groups in total. The van der Waals surface area contributed by atoms with Crippen LogP contribution in [0.4, 0.5) is 18.9 Å². The lowest BCUT2D eigenvalue weighted by atomic mass is 10.1. The van der Waals surface area contributed by atoms with Crippen LogP contribution in [0.2, 0.25) is 0 Å². The number of amides is 1. The van der Waals surface area contributed by atoms with E-state index in [1.807, 2.05) is 13.0 Å². The molecule has 0 unspecified atom stereocenters. The van der Waals surface area contributed by atoms with Gasteiger partial charge in [0.15, 0.2) is 5.82 Å². The molecule has 0 fully saturated rings. The fourth-order valence-corrected chi connectivity index (χ4v) is 5.37. The van der Waals surface area contributed by atoms with Gasteiger partial charge in [0.1, 0.15) is 0 Å². The summed E-state index contributed by atoms with van der Waals surface area (Å²) in [5, 5.41) is 6.83. The average Bonchev–Trinajstić information content (AvgIpc) is 3.25. The van der Waals surface area contributed by atoms with E-state index in [9.17, 15) is 26.4 Å². The number of hydrogen-bond donors (Lipinski definition) is 1. The minimum absolute atomic E-state index is 0.127. The first-order valence-electron chi connectivity index (χ1n) is 11.5. The number of nitrogens with zero attached hydrogens (tertiary/aromatic N) is 5. The molecule has 0 saturated carbocycles. The zero-order chi connectivity index (χ0) is 26.8. The summed E-state index contributed by atoms with van der Waals surface area (Å²) >= 11 is 0. The molecule has 13 heteroatoms. The van der Waals surface area contributed by atoms with Gasteiger partial charge in [-0.2, -0.15) is 22.6 Å². The number of aromatic nitrogens is 4. The molecule has 9 nitrogen and oxygen atoms in total. The number of hydrogen-bond acceptors (Lipinski definition) is 6. The number of halogens is 3. The SMILES string of the molecule is CCCS(=O)(=O)N1CC=C(c2ccc(NC(=O)c3cnn(-c4ccc(C(F)(F)F)cn4)c3C)cn2)CC1. The molecule has 0 saturated heterocycles. The maximum Gasteiger partial charge on any atom is 0.417 e. The second-order valence-corrected chi connectivity index (χ2v) is 10.6. The number of rotatable bonds is 7. The number of nitrogens with one attached hydrogen (secondary N) is 1. The first kappa shape index (κ1) is 26.5. The van der Waals surface area contributed by atoms with Crippen LogP contribution in [0.15, 0.2) is 48.9 Å². The quantitative estimate of drug-likeness (QED) is 0.489. The highest BCUT2D eigenvalue weighted by atomic mass is 32.2. The minimum Gasteiger partial charge on any atom is -0.320 e. The highest BCUT2D eigenvalue weighted by Gasteiger charge is 2.31. The molecule has 0 radical (unpaired) electrons. The summed E-state index contributed by atoms with van der Waals surface area (Å²) in [5.41, 5.74) is 1.83. The van der Waals surface area contributed by atoms with Crippen molar-refractivity contribution < 1.29 is 26.4 Å². The molecule has 1 aliphatic heterocycles. The molecule has 0 aliphatic carbocycles. The Labute approximate surface area is 212 Å². The van der Waals surface area contributed by atoms with E-state index in [1.54, 1.807) is 19.1 Å². The van der Waals surface area contributed by atoms with Gasteiger partial charge in [0.2, 0.25) is 10.0 Å². The van der Waals surface area contributed by atoms with E-state index in [1.165, 1.54) is 27.4 Å². The number of carbonyl (C=O) groups excluding carboxylic acids is 1. The molecule has 3 aromatic heterocycles. The third kappa shape index (κ3) is 5.88. The summed E-state index contributed by atoms with van der Waals surface area (Å²) in [7, 11) is -3.25. The Morgan fingerprint density at radius 1 is 1.11 bits per heavy atom. The fraction of sp³-hybridized carbons (Fsp3) is 0.333. The Bertz CT molecular complexity index is 1420. The zero-order valence-corrected chi connectivity index (χ0v) is 21.0. The number of sulfonamides is 1. The lowest BCUT2D eigenvalue weighted by Gasteiger charge is -2.25. The van der Waals surface area contributed by atoms with Gasteiger partial charge in [-0.15, -0.1) is 0 Å². The molecule has 1 amide bonds. The zero-order valence-electron chi connectivity index (χ0n) is 20.2. The van der Waals surface area contributed by atoms with Gasteiger partial charge in [0.25, 0.3) is 5.91 Å². The predicted octanol–water partition coefficient (Wildman–Crippen LogP) is 4.07. The van der Waals surface area contributed by atoms with Crippen LogP contribution < -0.4 is 5.32 Å². The highest BCUT2D eigenvalue weighted by molar-refractivity contribution is 7.89. The van der Waals surface area contributed by atoms with Crippen molar-refractivity contribution in [1.82, 2.24) is 24.1 Å². The smallest absolute Gasteiger partial charge is 0.320 e. The molecular weight excluding hydrogens is 509 g/mol. The van der Waals surface area contributed by atoms with Crippen molar-refractivity contribution in [2.24, 2.45) is 0 Å². The van der Waals surface area contributed by atoms with Gasteiger partial charge < -0.3 is 5.32 Å². The molecule has 0 atom stereocenters. The molecule has 0 spiro atoms. The van der Waals surface area contributed by atoms with E-state index in [4.69, 9.17) is 0 Å².